The Hall–Kier alpha value is -1.82. The van der Waals surface area contributed by atoms with Crippen LogP contribution in [0.4, 0.5) is 0 Å². The van der Waals surface area contributed by atoms with Gasteiger partial charge in [-0.25, -0.2) is 4.98 Å². The Bertz CT molecular complexity index is 505. The molecule has 2 heterocycles. The second-order valence-electron chi connectivity index (χ2n) is 2.95. The summed E-state index contributed by atoms with van der Waals surface area (Å²) in [5, 5.41) is 9.79. The smallest absolute Gasteiger partial charge is 0.226 e. The first-order chi connectivity index (χ1) is 6.24. The summed E-state index contributed by atoms with van der Waals surface area (Å²) in [6.07, 6.45) is 1.59. The summed E-state index contributed by atoms with van der Waals surface area (Å²) in [5.41, 5.74) is 2.92. The van der Waals surface area contributed by atoms with Crippen LogP contribution in [0.5, 0.6) is 0 Å². The number of pyridine rings is 1. The molecule has 0 saturated carbocycles. The molecule has 0 aliphatic rings. The van der Waals surface area contributed by atoms with Gasteiger partial charge >= 0.3 is 0 Å². The van der Waals surface area contributed by atoms with E-state index in [2.05, 4.69) is 11.1 Å². The Labute approximate surface area is 75.6 Å². The average molecular weight is 172 g/mol. The molecule has 0 saturated heterocycles. The molecule has 2 aromatic rings. The van der Waals surface area contributed by atoms with E-state index in [1.54, 1.807) is 6.26 Å². The van der Waals surface area contributed by atoms with E-state index >= 15 is 0 Å². The summed E-state index contributed by atoms with van der Waals surface area (Å²) in [4.78, 5) is 4.18. The first kappa shape index (κ1) is 7.81. The van der Waals surface area contributed by atoms with Gasteiger partial charge in [0.05, 0.1) is 17.5 Å². The second-order valence-corrected chi connectivity index (χ2v) is 2.95. The number of nitriles is 1. The van der Waals surface area contributed by atoms with Crippen molar-refractivity contribution in [2.24, 2.45) is 0 Å². The van der Waals surface area contributed by atoms with Crippen LogP contribution >= 0.6 is 0 Å². The molecule has 0 atom stereocenters. The first-order valence-corrected chi connectivity index (χ1v) is 3.98. The van der Waals surface area contributed by atoms with Crippen LogP contribution < -0.4 is 0 Å². The number of aromatic nitrogens is 1. The van der Waals surface area contributed by atoms with Gasteiger partial charge in [0, 0.05) is 5.39 Å². The van der Waals surface area contributed by atoms with E-state index in [0.29, 0.717) is 11.3 Å². The Morgan fingerprint density at radius 2 is 2.23 bits per heavy atom. The van der Waals surface area contributed by atoms with Gasteiger partial charge in [0.15, 0.2) is 0 Å². The third-order valence-electron chi connectivity index (χ3n) is 2.17. The minimum Gasteiger partial charge on any atom is -0.446 e. The summed E-state index contributed by atoms with van der Waals surface area (Å²) in [6, 6.07) is 3.97. The number of aryl methyl sites for hydroxylation is 2. The van der Waals surface area contributed by atoms with Gasteiger partial charge in [0.1, 0.15) is 6.07 Å². The van der Waals surface area contributed by atoms with Crippen molar-refractivity contribution in [1.82, 2.24) is 4.98 Å². The highest BCUT2D eigenvalue weighted by Crippen LogP contribution is 2.22. The number of rotatable bonds is 0. The highest BCUT2D eigenvalue weighted by atomic mass is 16.3. The minimum absolute atomic E-state index is 0.606. The van der Waals surface area contributed by atoms with E-state index in [-0.39, 0.29) is 0 Å². The van der Waals surface area contributed by atoms with Crippen LogP contribution in [0.25, 0.3) is 11.1 Å². The summed E-state index contributed by atoms with van der Waals surface area (Å²) >= 11 is 0. The van der Waals surface area contributed by atoms with Crippen LogP contribution in [0.3, 0.4) is 0 Å². The summed E-state index contributed by atoms with van der Waals surface area (Å²) in [7, 11) is 0. The maximum Gasteiger partial charge on any atom is 0.226 e. The number of furan rings is 1. The average Bonchev–Trinajstić information content (AvgIpc) is 2.53. The molecule has 3 nitrogen and oxygen atoms in total. The van der Waals surface area contributed by atoms with E-state index < -0.39 is 0 Å². The highest BCUT2D eigenvalue weighted by molar-refractivity contribution is 5.80. The summed E-state index contributed by atoms with van der Waals surface area (Å²) in [6.45, 7) is 3.72. The van der Waals surface area contributed by atoms with Crippen molar-refractivity contribution < 1.29 is 4.42 Å². The molecule has 3 heteroatoms. The summed E-state index contributed by atoms with van der Waals surface area (Å²) < 4.78 is 5.16. The lowest BCUT2D eigenvalue weighted by Gasteiger charge is -2.00. The number of nitrogens with zero attached hydrogens (tertiary/aromatic N) is 2. The minimum atomic E-state index is 0.606. The van der Waals surface area contributed by atoms with E-state index in [9.17, 15) is 0 Å². The van der Waals surface area contributed by atoms with Crippen LogP contribution in [0, 0.1) is 25.2 Å². The largest absolute Gasteiger partial charge is 0.446 e. The number of fused-ring (bicyclic) bond motifs is 1. The van der Waals surface area contributed by atoms with Gasteiger partial charge in [0.2, 0.25) is 5.71 Å². The maximum absolute atomic E-state index is 8.88. The Morgan fingerprint density at radius 3 is 2.92 bits per heavy atom. The zero-order chi connectivity index (χ0) is 9.42. The molecule has 0 aromatic carbocycles. The summed E-state index contributed by atoms with van der Waals surface area (Å²) in [5.74, 6) is 0. The van der Waals surface area contributed by atoms with Crippen LogP contribution in [0.15, 0.2) is 16.7 Å². The molecule has 13 heavy (non-hydrogen) atoms. The normalized spacial score (nSPS) is 10.2. The fourth-order valence-electron chi connectivity index (χ4n) is 1.45. The Morgan fingerprint density at radius 1 is 1.46 bits per heavy atom. The van der Waals surface area contributed by atoms with Gasteiger partial charge in [-0.2, -0.15) is 5.26 Å². The van der Waals surface area contributed by atoms with E-state index in [0.717, 1.165) is 16.6 Å². The quantitative estimate of drug-likeness (QED) is 0.612. The lowest BCUT2D eigenvalue weighted by atomic mass is 10.1. The Kier molecular flexibility index (Phi) is 1.56. The molecule has 0 spiro atoms. The SMILES string of the molecule is Cc1nc2occc2c(C)c1C#N. The third kappa shape index (κ3) is 0.994. The van der Waals surface area contributed by atoms with Gasteiger partial charge in [-0.05, 0) is 25.5 Å². The molecule has 0 amide bonds. The molecule has 2 aromatic heterocycles. The van der Waals surface area contributed by atoms with Crippen molar-refractivity contribution in [3.63, 3.8) is 0 Å². The molecule has 2 rings (SSSR count). The molecule has 0 unspecified atom stereocenters. The molecule has 0 aliphatic carbocycles. The molecule has 64 valence electrons. The molecule has 0 radical (unpaired) electrons. The van der Waals surface area contributed by atoms with E-state index in [1.807, 2.05) is 19.9 Å². The zero-order valence-corrected chi connectivity index (χ0v) is 7.46. The molecule has 0 aliphatic heterocycles. The number of hydrogen-bond donors (Lipinski definition) is 0. The first-order valence-electron chi connectivity index (χ1n) is 3.98. The van der Waals surface area contributed by atoms with Crippen LogP contribution in [0.2, 0.25) is 0 Å². The van der Waals surface area contributed by atoms with E-state index in [1.165, 1.54) is 0 Å². The maximum atomic E-state index is 8.88. The fraction of sp³-hybridized carbons (Fsp3) is 0.200. The van der Waals surface area contributed by atoms with Gasteiger partial charge < -0.3 is 4.42 Å². The van der Waals surface area contributed by atoms with Gasteiger partial charge in [-0.1, -0.05) is 0 Å². The highest BCUT2D eigenvalue weighted by Gasteiger charge is 2.09. The second kappa shape index (κ2) is 2.60. The van der Waals surface area contributed by atoms with Crippen molar-refractivity contribution in [1.29, 1.82) is 5.26 Å². The monoisotopic (exact) mass is 172 g/mol. The third-order valence-corrected chi connectivity index (χ3v) is 2.17. The predicted octanol–water partition coefficient (Wildman–Crippen LogP) is 2.32. The van der Waals surface area contributed by atoms with Crippen LogP contribution in [0.1, 0.15) is 16.8 Å². The van der Waals surface area contributed by atoms with Gasteiger partial charge in [-0.15, -0.1) is 0 Å². The molecule has 0 N–H and O–H groups in total. The Balaban J connectivity index is 2.95. The lowest BCUT2D eigenvalue weighted by Crippen LogP contribution is -1.92. The van der Waals surface area contributed by atoms with Crippen LogP contribution in [-0.2, 0) is 0 Å². The van der Waals surface area contributed by atoms with Crippen LogP contribution in [-0.4, -0.2) is 4.98 Å². The fourth-order valence-corrected chi connectivity index (χ4v) is 1.45. The standard InChI is InChI=1S/C10H8N2O/c1-6-8-3-4-13-10(8)12-7(2)9(6)5-11/h3-4H,1-2H3. The van der Waals surface area contributed by atoms with Crippen molar-refractivity contribution in [2.45, 2.75) is 13.8 Å². The number of hydrogen-bond acceptors (Lipinski definition) is 3. The predicted molar refractivity (Wildman–Crippen MR) is 48.2 cm³/mol. The van der Waals surface area contributed by atoms with Crippen molar-refractivity contribution >= 4 is 11.1 Å². The van der Waals surface area contributed by atoms with Crippen molar-refractivity contribution in [3.05, 3.63) is 29.2 Å². The van der Waals surface area contributed by atoms with Gasteiger partial charge in [-0.3, -0.25) is 0 Å². The molecule has 0 bridgehead atoms. The lowest BCUT2D eigenvalue weighted by molar-refractivity contribution is 0.602. The van der Waals surface area contributed by atoms with Crippen molar-refractivity contribution in [2.75, 3.05) is 0 Å². The topological polar surface area (TPSA) is 49.8 Å². The zero-order valence-electron chi connectivity index (χ0n) is 7.46. The molecule has 0 fully saturated rings. The van der Waals surface area contributed by atoms with Crippen molar-refractivity contribution in [3.8, 4) is 6.07 Å². The molecular weight excluding hydrogens is 164 g/mol. The van der Waals surface area contributed by atoms with E-state index in [4.69, 9.17) is 9.68 Å². The van der Waals surface area contributed by atoms with Gasteiger partial charge in [0.25, 0.3) is 0 Å². The molecular formula is C10H8N2O.